The quantitative estimate of drug-likeness (QED) is 0.494. The Kier molecular flexibility index (Phi) is 6.91. The smallest absolute Gasteiger partial charge is 0.348 e. The minimum atomic E-state index is -1.03. The molecule has 1 saturated carbocycles. The Bertz CT molecular complexity index is 1020. The number of aromatic carboxylic acids is 1. The zero-order chi connectivity index (χ0) is 22.8. The van der Waals surface area contributed by atoms with E-state index < -0.39 is 5.97 Å². The molecule has 1 atom stereocenters. The number of hydrogen-bond donors (Lipinski definition) is 2. The van der Waals surface area contributed by atoms with Crippen molar-refractivity contribution in [2.75, 3.05) is 4.90 Å². The Hall–Kier alpha value is -2.31. The van der Waals surface area contributed by atoms with Crippen molar-refractivity contribution in [2.24, 2.45) is 11.8 Å². The second-order valence-corrected chi connectivity index (χ2v) is 10.4. The lowest BCUT2D eigenvalue weighted by Gasteiger charge is -2.37. The van der Waals surface area contributed by atoms with Crippen LogP contribution in [0.15, 0.2) is 42.2 Å². The highest BCUT2D eigenvalue weighted by Crippen LogP contribution is 2.41. The molecule has 32 heavy (non-hydrogen) atoms. The number of halogens is 1. The largest absolute Gasteiger partial charge is 0.513 e. The topological polar surface area (TPSA) is 77.8 Å². The summed E-state index contributed by atoms with van der Waals surface area (Å²) in [5.74, 6) is -0.152. The van der Waals surface area contributed by atoms with Crippen LogP contribution >= 0.6 is 22.9 Å². The molecule has 0 bridgehead atoms. The number of allylic oxidation sites excluding steroid dienone is 1. The maximum atomic E-state index is 13.8. The number of carboxylic acids is 1. The molecule has 1 unspecified atom stereocenters. The normalized spacial score (nSPS) is 23.4. The summed E-state index contributed by atoms with van der Waals surface area (Å²) < 4.78 is 0. The van der Waals surface area contributed by atoms with Crippen molar-refractivity contribution < 1.29 is 19.8 Å². The van der Waals surface area contributed by atoms with Gasteiger partial charge < -0.3 is 15.1 Å². The molecule has 1 aromatic heterocycles. The van der Waals surface area contributed by atoms with Gasteiger partial charge in [-0.3, -0.25) is 4.79 Å². The number of aliphatic hydroxyl groups is 1. The summed E-state index contributed by atoms with van der Waals surface area (Å²) in [6.45, 7) is 2.22. The third-order valence-corrected chi connectivity index (χ3v) is 8.04. The Labute approximate surface area is 197 Å². The molecule has 170 valence electrons. The van der Waals surface area contributed by atoms with E-state index in [1.807, 2.05) is 18.2 Å². The molecule has 5 nitrogen and oxygen atoms in total. The fraction of sp³-hybridized carbons (Fsp3) is 0.440. The first-order chi connectivity index (χ1) is 15.3. The van der Waals surface area contributed by atoms with E-state index in [2.05, 4.69) is 6.92 Å². The van der Waals surface area contributed by atoms with E-state index in [0.29, 0.717) is 41.6 Å². The lowest BCUT2D eigenvalue weighted by atomic mass is 9.81. The maximum Gasteiger partial charge on any atom is 0.348 e. The van der Waals surface area contributed by atoms with Crippen molar-refractivity contribution in [1.29, 1.82) is 0 Å². The van der Waals surface area contributed by atoms with Crippen LogP contribution in [0.1, 0.15) is 61.5 Å². The molecular weight excluding hydrogens is 446 g/mol. The van der Waals surface area contributed by atoms with Crippen LogP contribution in [-0.2, 0) is 4.79 Å². The lowest BCUT2D eigenvalue weighted by molar-refractivity contribution is -0.124. The molecule has 4 rings (SSSR count). The van der Waals surface area contributed by atoms with Gasteiger partial charge in [-0.15, -0.1) is 11.3 Å². The molecule has 2 aromatic rings. The Morgan fingerprint density at radius 2 is 1.78 bits per heavy atom. The van der Waals surface area contributed by atoms with Gasteiger partial charge in [0.25, 0.3) is 0 Å². The molecule has 0 saturated heterocycles. The average Bonchev–Trinajstić information content (AvgIpc) is 3.21. The molecule has 2 N–H and O–H groups in total. The van der Waals surface area contributed by atoms with Crippen molar-refractivity contribution in [3.8, 4) is 10.4 Å². The number of rotatable bonds is 5. The first-order valence-electron chi connectivity index (χ1n) is 11.2. The number of benzene rings is 1. The number of carboxylic acid groups (broad SMARTS) is 1. The number of aliphatic hydroxyl groups excluding tert-OH is 1. The molecule has 0 aliphatic heterocycles. The van der Waals surface area contributed by atoms with Gasteiger partial charge in [-0.05, 0) is 74.3 Å². The van der Waals surface area contributed by atoms with Crippen LogP contribution in [-0.4, -0.2) is 28.1 Å². The summed E-state index contributed by atoms with van der Waals surface area (Å²) in [5.41, 5.74) is 1.34. The highest BCUT2D eigenvalue weighted by molar-refractivity contribution is 7.18. The monoisotopic (exact) mass is 473 g/mol. The number of hydrogen-bond acceptors (Lipinski definition) is 4. The zero-order valence-electron chi connectivity index (χ0n) is 18.1. The minimum Gasteiger partial charge on any atom is -0.513 e. The summed E-state index contributed by atoms with van der Waals surface area (Å²) in [6.07, 6.45) is 7.08. The maximum absolute atomic E-state index is 13.8. The van der Waals surface area contributed by atoms with Gasteiger partial charge in [0.2, 0.25) is 5.91 Å². The van der Waals surface area contributed by atoms with Gasteiger partial charge in [0, 0.05) is 28.3 Å². The first-order valence-corrected chi connectivity index (χ1v) is 12.4. The molecule has 0 spiro atoms. The second kappa shape index (κ2) is 9.67. The van der Waals surface area contributed by atoms with E-state index >= 15 is 0 Å². The van der Waals surface area contributed by atoms with Gasteiger partial charge in [0.05, 0.1) is 11.4 Å². The van der Waals surface area contributed by atoms with E-state index in [9.17, 15) is 19.8 Å². The van der Waals surface area contributed by atoms with Crippen molar-refractivity contribution in [3.63, 3.8) is 0 Å². The van der Waals surface area contributed by atoms with Gasteiger partial charge in [-0.1, -0.05) is 30.7 Å². The minimum absolute atomic E-state index is 0.0136. The SMILES string of the molecule is CC1CCC(C(=O)N(c2cc(-c3ccc(Cl)cc3)sc2C(=O)O)C2CC=C(O)CC2)CC1. The Morgan fingerprint density at radius 3 is 2.38 bits per heavy atom. The summed E-state index contributed by atoms with van der Waals surface area (Å²) in [7, 11) is 0. The molecule has 2 aliphatic rings. The van der Waals surface area contributed by atoms with Crippen molar-refractivity contribution in [3.05, 3.63) is 52.1 Å². The van der Waals surface area contributed by atoms with Crippen molar-refractivity contribution >= 4 is 40.5 Å². The van der Waals surface area contributed by atoms with E-state index in [0.717, 1.165) is 36.1 Å². The first kappa shape index (κ1) is 22.9. The molecular formula is C25H28ClNO4S. The molecule has 1 aromatic carbocycles. The molecule has 1 fully saturated rings. The third kappa shape index (κ3) is 4.86. The number of thiophene rings is 1. The summed E-state index contributed by atoms with van der Waals surface area (Å²) in [5, 5.41) is 20.5. The lowest BCUT2D eigenvalue weighted by Crippen LogP contribution is -2.45. The predicted molar refractivity (Wildman–Crippen MR) is 129 cm³/mol. The highest BCUT2D eigenvalue weighted by atomic mass is 35.5. The van der Waals surface area contributed by atoms with E-state index in [4.69, 9.17) is 11.6 Å². The number of amides is 1. The summed E-state index contributed by atoms with van der Waals surface area (Å²) >= 11 is 7.20. The van der Waals surface area contributed by atoms with E-state index in [-0.39, 0.29) is 22.7 Å². The predicted octanol–water partition coefficient (Wildman–Crippen LogP) is 6.92. The Morgan fingerprint density at radius 1 is 1.09 bits per heavy atom. The van der Waals surface area contributed by atoms with Gasteiger partial charge in [-0.25, -0.2) is 4.79 Å². The van der Waals surface area contributed by atoms with Crippen LogP contribution in [0.4, 0.5) is 5.69 Å². The number of anilines is 1. The van der Waals surface area contributed by atoms with E-state index in [1.165, 1.54) is 11.3 Å². The van der Waals surface area contributed by atoms with Gasteiger partial charge >= 0.3 is 5.97 Å². The van der Waals surface area contributed by atoms with Gasteiger partial charge in [-0.2, -0.15) is 0 Å². The Balaban J connectivity index is 1.75. The molecule has 0 radical (unpaired) electrons. The molecule has 1 heterocycles. The van der Waals surface area contributed by atoms with Crippen LogP contribution in [0, 0.1) is 11.8 Å². The summed E-state index contributed by atoms with van der Waals surface area (Å²) in [6, 6.07) is 8.94. The van der Waals surface area contributed by atoms with Gasteiger partial charge in [0.1, 0.15) is 4.88 Å². The van der Waals surface area contributed by atoms with Crippen LogP contribution in [0.5, 0.6) is 0 Å². The van der Waals surface area contributed by atoms with E-state index in [1.54, 1.807) is 23.1 Å². The fourth-order valence-corrected chi connectivity index (χ4v) is 5.83. The zero-order valence-corrected chi connectivity index (χ0v) is 19.7. The second-order valence-electron chi connectivity index (χ2n) is 8.93. The molecule has 1 amide bonds. The third-order valence-electron chi connectivity index (χ3n) is 6.62. The number of carbonyl (C=O) groups excluding carboxylic acids is 1. The summed E-state index contributed by atoms with van der Waals surface area (Å²) in [4.78, 5) is 28.7. The number of carbonyl (C=O) groups is 2. The fourth-order valence-electron chi connectivity index (χ4n) is 4.71. The number of nitrogens with zero attached hydrogens (tertiary/aromatic N) is 1. The van der Waals surface area contributed by atoms with Gasteiger partial charge in [0.15, 0.2) is 0 Å². The average molecular weight is 474 g/mol. The standard InChI is InChI=1S/C25H28ClNO4S/c1-15-2-4-17(5-3-15)24(29)27(19-10-12-20(28)13-11-19)21-14-22(32-23(21)25(30)31)16-6-8-18(26)9-7-16/h6-9,12,14-15,17,19,28H,2-5,10-11,13H2,1H3,(H,30,31). The van der Waals surface area contributed by atoms with Crippen LogP contribution < -0.4 is 4.90 Å². The molecule has 7 heteroatoms. The van der Waals surface area contributed by atoms with Crippen LogP contribution in [0.3, 0.4) is 0 Å². The van der Waals surface area contributed by atoms with Crippen molar-refractivity contribution in [1.82, 2.24) is 0 Å². The van der Waals surface area contributed by atoms with Crippen LogP contribution in [0.25, 0.3) is 10.4 Å². The van der Waals surface area contributed by atoms with Crippen molar-refractivity contribution in [2.45, 2.75) is 57.9 Å². The highest BCUT2D eigenvalue weighted by Gasteiger charge is 2.36. The van der Waals surface area contributed by atoms with Crippen LogP contribution in [0.2, 0.25) is 5.02 Å². The molecule has 2 aliphatic carbocycles.